The van der Waals surface area contributed by atoms with Gasteiger partial charge in [-0.2, -0.15) is 0 Å². The molecule has 5 nitrogen and oxygen atoms in total. The SMILES string of the molecule is CCC(CC)C(=O)Nc1ccccc1-c1nc(C(=O)O)cs1. The number of amides is 1. The number of hydrogen-bond acceptors (Lipinski definition) is 4. The highest BCUT2D eigenvalue weighted by atomic mass is 32.1. The molecule has 116 valence electrons. The number of rotatable bonds is 6. The van der Waals surface area contributed by atoms with E-state index in [1.165, 1.54) is 16.7 Å². The third-order valence-electron chi connectivity index (χ3n) is 3.50. The maximum Gasteiger partial charge on any atom is 0.355 e. The van der Waals surface area contributed by atoms with Crippen LogP contribution in [0.5, 0.6) is 0 Å². The lowest BCUT2D eigenvalue weighted by Crippen LogP contribution is -2.21. The van der Waals surface area contributed by atoms with E-state index >= 15 is 0 Å². The Labute approximate surface area is 133 Å². The van der Waals surface area contributed by atoms with Crippen molar-refractivity contribution in [3.63, 3.8) is 0 Å². The van der Waals surface area contributed by atoms with Crippen molar-refractivity contribution in [3.8, 4) is 10.6 Å². The number of carboxylic acids is 1. The summed E-state index contributed by atoms with van der Waals surface area (Å²) in [5, 5.41) is 14.0. The Bertz CT molecular complexity index is 678. The second kappa shape index (κ2) is 7.17. The highest BCUT2D eigenvalue weighted by Crippen LogP contribution is 2.31. The van der Waals surface area contributed by atoms with Gasteiger partial charge in [-0.15, -0.1) is 11.3 Å². The lowest BCUT2D eigenvalue weighted by Gasteiger charge is -2.14. The van der Waals surface area contributed by atoms with Crippen LogP contribution in [-0.2, 0) is 4.79 Å². The largest absolute Gasteiger partial charge is 0.476 e. The lowest BCUT2D eigenvalue weighted by atomic mass is 10.0. The average molecular weight is 318 g/mol. The van der Waals surface area contributed by atoms with E-state index in [0.717, 1.165) is 18.4 Å². The van der Waals surface area contributed by atoms with Crippen LogP contribution in [0.2, 0.25) is 0 Å². The van der Waals surface area contributed by atoms with Gasteiger partial charge in [0.1, 0.15) is 5.01 Å². The van der Waals surface area contributed by atoms with E-state index in [-0.39, 0.29) is 17.5 Å². The van der Waals surface area contributed by atoms with E-state index in [4.69, 9.17) is 5.11 Å². The fourth-order valence-electron chi connectivity index (χ4n) is 2.17. The molecule has 0 fully saturated rings. The number of benzene rings is 1. The molecule has 0 aliphatic rings. The summed E-state index contributed by atoms with van der Waals surface area (Å²) in [5.41, 5.74) is 1.41. The Morgan fingerprint density at radius 3 is 2.55 bits per heavy atom. The molecule has 1 heterocycles. The van der Waals surface area contributed by atoms with Crippen molar-refractivity contribution in [2.24, 2.45) is 5.92 Å². The van der Waals surface area contributed by atoms with Crippen LogP contribution >= 0.6 is 11.3 Å². The highest BCUT2D eigenvalue weighted by Gasteiger charge is 2.17. The van der Waals surface area contributed by atoms with Crippen LogP contribution in [-0.4, -0.2) is 22.0 Å². The molecule has 0 unspecified atom stereocenters. The first-order valence-corrected chi connectivity index (χ1v) is 8.03. The van der Waals surface area contributed by atoms with Crippen LogP contribution in [0.25, 0.3) is 10.6 Å². The molecular formula is C16H18N2O3S. The van der Waals surface area contributed by atoms with Gasteiger partial charge in [0.05, 0.1) is 5.69 Å². The Morgan fingerprint density at radius 2 is 1.95 bits per heavy atom. The molecule has 0 aliphatic heterocycles. The zero-order valence-corrected chi connectivity index (χ0v) is 13.3. The van der Waals surface area contributed by atoms with E-state index in [0.29, 0.717) is 10.7 Å². The maximum atomic E-state index is 12.2. The van der Waals surface area contributed by atoms with Gasteiger partial charge < -0.3 is 10.4 Å². The molecule has 2 aromatic rings. The molecule has 2 rings (SSSR count). The van der Waals surface area contributed by atoms with Gasteiger partial charge in [0.2, 0.25) is 5.91 Å². The number of hydrogen-bond donors (Lipinski definition) is 2. The lowest BCUT2D eigenvalue weighted by molar-refractivity contribution is -0.120. The van der Waals surface area contributed by atoms with Crippen LogP contribution in [0, 0.1) is 5.92 Å². The van der Waals surface area contributed by atoms with Gasteiger partial charge in [0.25, 0.3) is 0 Å². The number of para-hydroxylation sites is 1. The van der Waals surface area contributed by atoms with Gasteiger partial charge >= 0.3 is 5.97 Å². The number of aromatic nitrogens is 1. The molecule has 0 saturated heterocycles. The molecule has 0 saturated carbocycles. The second-order valence-corrected chi connectivity index (χ2v) is 5.75. The Kier molecular flexibility index (Phi) is 5.27. The van der Waals surface area contributed by atoms with Gasteiger partial charge in [-0.3, -0.25) is 4.79 Å². The molecule has 0 radical (unpaired) electrons. The Morgan fingerprint density at radius 1 is 1.27 bits per heavy atom. The third kappa shape index (κ3) is 3.51. The number of carboxylic acid groups (broad SMARTS) is 1. The molecule has 1 amide bonds. The number of thiazole rings is 1. The highest BCUT2D eigenvalue weighted by molar-refractivity contribution is 7.13. The first-order valence-electron chi connectivity index (χ1n) is 7.15. The minimum absolute atomic E-state index is 0.0149. The van der Waals surface area contributed by atoms with Gasteiger partial charge in [0.15, 0.2) is 5.69 Å². The summed E-state index contributed by atoms with van der Waals surface area (Å²) in [5.74, 6) is -1.10. The summed E-state index contributed by atoms with van der Waals surface area (Å²) in [7, 11) is 0. The molecule has 0 bridgehead atoms. The van der Waals surface area contributed by atoms with Crippen LogP contribution in [0.4, 0.5) is 5.69 Å². The van der Waals surface area contributed by atoms with Crippen LogP contribution < -0.4 is 5.32 Å². The molecular weight excluding hydrogens is 300 g/mol. The summed E-state index contributed by atoms with van der Waals surface area (Å²) in [4.78, 5) is 27.3. The minimum Gasteiger partial charge on any atom is -0.476 e. The van der Waals surface area contributed by atoms with Crippen molar-refractivity contribution in [2.45, 2.75) is 26.7 Å². The van der Waals surface area contributed by atoms with E-state index < -0.39 is 5.97 Å². The number of carbonyl (C=O) groups is 2. The predicted molar refractivity (Wildman–Crippen MR) is 87.2 cm³/mol. The zero-order chi connectivity index (χ0) is 16.1. The summed E-state index contributed by atoms with van der Waals surface area (Å²) >= 11 is 1.25. The number of anilines is 1. The molecule has 2 N–H and O–H groups in total. The molecule has 6 heteroatoms. The van der Waals surface area contributed by atoms with Crippen LogP contribution in [0.3, 0.4) is 0 Å². The Hall–Kier alpha value is -2.21. The number of carbonyl (C=O) groups excluding carboxylic acids is 1. The monoisotopic (exact) mass is 318 g/mol. The normalized spacial score (nSPS) is 10.7. The van der Waals surface area contributed by atoms with E-state index in [9.17, 15) is 9.59 Å². The second-order valence-electron chi connectivity index (χ2n) is 4.89. The van der Waals surface area contributed by atoms with Crippen molar-refractivity contribution >= 4 is 28.9 Å². The van der Waals surface area contributed by atoms with Gasteiger partial charge in [0, 0.05) is 16.9 Å². The molecule has 22 heavy (non-hydrogen) atoms. The third-order valence-corrected chi connectivity index (χ3v) is 4.37. The number of nitrogens with zero attached hydrogens (tertiary/aromatic N) is 1. The standard InChI is InChI=1S/C16H18N2O3S/c1-3-10(4-2)14(19)17-12-8-6-5-7-11(12)15-18-13(9-22-15)16(20)21/h5-10H,3-4H2,1-2H3,(H,17,19)(H,20,21). The maximum absolute atomic E-state index is 12.2. The van der Waals surface area contributed by atoms with Gasteiger partial charge in [-0.1, -0.05) is 26.0 Å². The fraction of sp³-hybridized carbons (Fsp3) is 0.312. The molecule has 1 aromatic heterocycles. The van der Waals surface area contributed by atoms with Crippen molar-refractivity contribution in [1.29, 1.82) is 0 Å². The topological polar surface area (TPSA) is 79.3 Å². The van der Waals surface area contributed by atoms with Crippen LogP contribution in [0.15, 0.2) is 29.6 Å². The zero-order valence-electron chi connectivity index (χ0n) is 12.5. The fourth-order valence-corrected chi connectivity index (χ4v) is 3.00. The summed E-state index contributed by atoms with van der Waals surface area (Å²) in [6, 6.07) is 7.30. The summed E-state index contributed by atoms with van der Waals surface area (Å²) in [6.07, 6.45) is 1.57. The minimum atomic E-state index is -1.05. The first kappa shape index (κ1) is 16.2. The first-order chi connectivity index (χ1) is 10.6. The average Bonchev–Trinajstić information content (AvgIpc) is 2.99. The molecule has 0 aliphatic carbocycles. The quantitative estimate of drug-likeness (QED) is 0.847. The molecule has 0 spiro atoms. The molecule has 1 aromatic carbocycles. The number of aromatic carboxylic acids is 1. The van der Waals surface area contributed by atoms with Crippen molar-refractivity contribution in [1.82, 2.24) is 4.98 Å². The van der Waals surface area contributed by atoms with Crippen molar-refractivity contribution < 1.29 is 14.7 Å². The van der Waals surface area contributed by atoms with Crippen molar-refractivity contribution in [2.75, 3.05) is 5.32 Å². The summed E-state index contributed by atoms with van der Waals surface area (Å²) < 4.78 is 0. The van der Waals surface area contributed by atoms with Gasteiger partial charge in [-0.25, -0.2) is 9.78 Å². The van der Waals surface area contributed by atoms with E-state index in [2.05, 4.69) is 10.3 Å². The smallest absolute Gasteiger partial charge is 0.355 e. The van der Waals surface area contributed by atoms with E-state index in [1.807, 2.05) is 32.0 Å². The van der Waals surface area contributed by atoms with Crippen LogP contribution in [0.1, 0.15) is 37.2 Å². The molecule has 0 atom stereocenters. The van der Waals surface area contributed by atoms with E-state index in [1.54, 1.807) is 6.07 Å². The summed E-state index contributed by atoms with van der Waals surface area (Å²) in [6.45, 7) is 3.97. The number of nitrogens with one attached hydrogen (secondary N) is 1. The van der Waals surface area contributed by atoms with Gasteiger partial charge in [-0.05, 0) is 25.0 Å². The van der Waals surface area contributed by atoms with Crippen molar-refractivity contribution in [3.05, 3.63) is 35.3 Å². The predicted octanol–water partition coefficient (Wildman–Crippen LogP) is 3.88. The Balaban J connectivity index is 2.30.